The Hall–Kier alpha value is -1.34. The molecule has 2 aliphatic rings. The van der Waals surface area contributed by atoms with E-state index in [9.17, 15) is 0 Å². The quantitative estimate of drug-likeness (QED) is 0.806. The van der Waals surface area contributed by atoms with E-state index in [-0.39, 0.29) is 0 Å². The van der Waals surface area contributed by atoms with Crippen molar-refractivity contribution in [2.75, 3.05) is 19.8 Å². The van der Waals surface area contributed by atoms with E-state index in [0.717, 1.165) is 31.3 Å². The molecule has 0 unspecified atom stereocenters. The van der Waals surface area contributed by atoms with Gasteiger partial charge in [-0.3, -0.25) is 9.88 Å². The van der Waals surface area contributed by atoms with E-state index in [2.05, 4.69) is 27.0 Å². The minimum absolute atomic E-state index is 0.303. The third-order valence-electron chi connectivity index (χ3n) is 5.01. The molecule has 0 amide bonds. The Morgan fingerprint density at radius 2 is 2.17 bits per heavy atom. The van der Waals surface area contributed by atoms with Gasteiger partial charge in [0, 0.05) is 49.0 Å². The third-order valence-corrected chi connectivity index (χ3v) is 5.76. The van der Waals surface area contributed by atoms with E-state index in [0.29, 0.717) is 24.7 Å². The van der Waals surface area contributed by atoms with Gasteiger partial charge in [0.2, 0.25) is 0 Å². The first-order valence-electron chi connectivity index (χ1n) is 8.61. The van der Waals surface area contributed by atoms with Crippen molar-refractivity contribution in [1.82, 2.24) is 14.9 Å². The summed E-state index contributed by atoms with van der Waals surface area (Å²) in [5.74, 6) is 0.496. The molecule has 0 radical (unpaired) electrons. The summed E-state index contributed by atoms with van der Waals surface area (Å²) in [4.78, 5) is 11.0. The number of thiazole rings is 1. The van der Waals surface area contributed by atoms with Crippen molar-refractivity contribution in [1.29, 1.82) is 0 Å². The lowest BCUT2D eigenvalue weighted by molar-refractivity contribution is -0.0891. The van der Waals surface area contributed by atoms with E-state index in [1.807, 2.05) is 24.0 Å². The van der Waals surface area contributed by atoms with Gasteiger partial charge in [-0.15, -0.1) is 11.3 Å². The highest BCUT2D eigenvalue weighted by Gasteiger charge is 2.42. The second kappa shape index (κ2) is 7.70. The van der Waals surface area contributed by atoms with Crippen LogP contribution in [0.4, 0.5) is 0 Å². The predicted molar refractivity (Wildman–Crippen MR) is 92.7 cm³/mol. The van der Waals surface area contributed by atoms with E-state index < -0.39 is 0 Å². The van der Waals surface area contributed by atoms with Gasteiger partial charge in [-0.2, -0.15) is 0 Å². The molecule has 3 atom stereocenters. The molecule has 5 nitrogen and oxygen atoms in total. The standard InChI is InChI=1S/C18H23N3O2S/c1-2-16-18(15(1)12-22-13-17-20-7-10-24-17)23-9-8-21(16)11-14-3-5-19-6-4-14/h3-7,10,15-16,18H,1-2,8-9,11-13H2/t15-,16+,18+/m0/s1. The van der Waals surface area contributed by atoms with Gasteiger partial charge in [0.15, 0.2) is 0 Å². The first kappa shape index (κ1) is 16.1. The van der Waals surface area contributed by atoms with E-state index in [4.69, 9.17) is 9.47 Å². The molecular formula is C18H23N3O2S. The number of nitrogens with zero attached hydrogens (tertiary/aromatic N) is 3. The Bertz CT molecular complexity index is 622. The largest absolute Gasteiger partial charge is 0.375 e. The lowest BCUT2D eigenvalue weighted by Gasteiger charge is -2.39. The summed E-state index contributed by atoms with van der Waals surface area (Å²) in [7, 11) is 0. The highest BCUT2D eigenvalue weighted by Crippen LogP contribution is 2.35. The summed E-state index contributed by atoms with van der Waals surface area (Å²) in [5.41, 5.74) is 1.33. The molecule has 4 rings (SSSR count). The molecule has 0 aromatic carbocycles. The van der Waals surface area contributed by atoms with Crippen molar-refractivity contribution < 1.29 is 9.47 Å². The topological polar surface area (TPSA) is 47.5 Å². The summed E-state index contributed by atoms with van der Waals surface area (Å²) in [6, 6.07) is 4.72. The molecule has 1 aliphatic carbocycles. The number of aromatic nitrogens is 2. The maximum atomic E-state index is 6.12. The Kier molecular flexibility index (Phi) is 5.18. The van der Waals surface area contributed by atoms with Gasteiger partial charge < -0.3 is 9.47 Å². The smallest absolute Gasteiger partial charge is 0.118 e. The van der Waals surface area contributed by atoms with Crippen LogP contribution in [0.2, 0.25) is 0 Å². The zero-order valence-corrected chi connectivity index (χ0v) is 14.5. The van der Waals surface area contributed by atoms with Crippen molar-refractivity contribution in [2.45, 2.75) is 38.1 Å². The molecular weight excluding hydrogens is 322 g/mol. The number of pyridine rings is 1. The Balaban J connectivity index is 1.32. The SMILES string of the molecule is c1cc(CN2CCO[C@@H]3[C@H](COCc4nccs4)CC[C@H]32)ccn1. The fourth-order valence-corrected chi connectivity index (χ4v) is 4.41. The van der Waals surface area contributed by atoms with Crippen molar-refractivity contribution >= 4 is 11.3 Å². The maximum Gasteiger partial charge on any atom is 0.118 e. The average molecular weight is 345 g/mol. The summed E-state index contributed by atoms with van der Waals surface area (Å²) < 4.78 is 12.0. The minimum atomic E-state index is 0.303. The van der Waals surface area contributed by atoms with Gasteiger partial charge in [0.25, 0.3) is 0 Å². The summed E-state index contributed by atoms with van der Waals surface area (Å²) in [6.07, 6.45) is 8.25. The Morgan fingerprint density at radius 1 is 1.25 bits per heavy atom. The van der Waals surface area contributed by atoms with E-state index in [1.54, 1.807) is 11.3 Å². The normalized spacial score (nSPS) is 27.2. The van der Waals surface area contributed by atoms with Crippen molar-refractivity contribution in [3.8, 4) is 0 Å². The molecule has 0 spiro atoms. The van der Waals surface area contributed by atoms with Gasteiger partial charge in [0.05, 0.1) is 25.9 Å². The van der Waals surface area contributed by atoms with Crippen molar-refractivity contribution in [3.05, 3.63) is 46.7 Å². The van der Waals surface area contributed by atoms with Crippen LogP contribution >= 0.6 is 11.3 Å². The summed E-state index contributed by atoms with van der Waals surface area (Å²) >= 11 is 1.65. The van der Waals surface area contributed by atoms with Gasteiger partial charge in [-0.05, 0) is 30.5 Å². The van der Waals surface area contributed by atoms with Gasteiger partial charge in [-0.1, -0.05) is 0 Å². The van der Waals surface area contributed by atoms with Crippen LogP contribution in [-0.2, 0) is 22.6 Å². The van der Waals surface area contributed by atoms with Gasteiger partial charge in [-0.25, -0.2) is 4.98 Å². The second-order valence-corrected chi connectivity index (χ2v) is 7.49. The van der Waals surface area contributed by atoms with Crippen LogP contribution in [0.5, 0.6) is 0 Å². The third kappa shape index (κ3) is 3.67. The highest BCUT2D eigenvalue weighted by molar-refractivity contribution is 7.09. The first-order valence-corrected chi connectivity index (χ1v) is 9.49. The lowest BCUT2D eigenvalue weighted by Crippen LogP contribution is -2.50. The second-order valence-electron chi connectivity index (χ2n) is 6.51. The number of rotatable bonds is 6. The zero-order chi connectivity index (χ0) is 16.2. The highest BCUT2D eigenvalue weighted by atomic mass is 32.1. The molecule has 3 heterocycles. The molecule has 2 aromatic rings. The van der Waals surface area contributed by atoms with Crippen LogP contribution in [0.1, 0.15) is 23.4 Å². The number of fused-ring (bicyclic) bond motifs is 1. The number of hydrogen-bond acceptors (Lipinski definition) is 6. The predicted octanol–water partition coefficient (Wildman–Crippen LogP) is 2.73. The molecule has 1 saturated heterocycles. The van der Waals surface area contributed by atoms with Crippen LogP contribution in [0.25, 0.3) is 0 Å². The molecule has 2 fully saturated rings. The summed E-state index contributed by atoms with van der Waals surface area (Å²) in [5, 5.41) is 3.04. The van der Waals surface area contributed by atoms with Crippen LogP contribution in [0.3, 0.4) is 0 Å². The van der Waals surface area contributed by atoms with E-state index >= 15 is 0 Å². The zero-order valence-electron chi connectivity index (χ0n) is 13.7. The molecule has 24 heavy (non-hydrogen) atoms. The molecule has 128 valence electrons. The molecule has 2 aromatic heterocycles. The van der Waals surface area contributed by atoms with Crippen LogP contribution in [-0.4, -0.2) is 46.8 Å². The van der Waals surface area contributed by atoms with Gasteiger partial charge in [0.1, 0.15) is 5.01 Å². The van der Waals surface area contributed by atoms with Crippen LogP contribution in [0.15, 0.2) is 36.1 Å². The van der Waals surface area contributed by atoms with Crippen LogP contribution < -0.4 is 0 Å². The van der Waals surface area contributed by atoms with Crippen molar-refractivity contribution in [2.24, 2.45) is 5.92 Å². The average Bonchev–Trinajstić information content (AvgIpc) is 3.27. The monoisotopic (exact) mass is 345 g/mol. The lowest BCUT2D eigenvalue weighted by atomic mass is 10.0. The molecule has 6 heteroatoms. The van der Waals surface area contributed by atoms with Crippen LogP contribution in [0, 0.1) is 5.92 Å². The first-order chi connectivity index (χ1) is 11.9. The Morgan fingerprint density at radius 3 is 3.00 bits per heavy atom. The number of hydrogen-bond donors (Lipinski definition) is 0. The molecule has 1 saturated carbocycles. The maximum absolute atomic E-state index is 6.12. The van der Waals surface area contributed by atoms with Gasteiger partial charge >= 0.3 is 0 Å². The Labute approximate surface area is 146 Å². The fraction of sp³-hybridized carbons (Fsp3) is 0.556. The molecule has 0 N–H and O–H groups in total. The van der Waals surface area contributed by atoms with Crippen molar-refractivity contribution in [3.63, 3.8) is 0 Å². The summed E-state index contributed by atoms with van der Waals surface area (Å²) in [6.45, 7) is 4.20. The molecule has 1 aliphatic heterocycles. The number of ether oxygens (including phenoxy) is 2. The minimum Gasteiger partial charge on any atom is -0.375 e. The number of morpholine rings is 1. The fourth-order valence-electron chi connectivity index (χ4n) is 3.86. The molecule has 0 bridgehead atoms. The van der Waals surface area contributed by atoms with E-state index in [1.165, 1.54) is 18.4 Å².